The molecular formula is C23H30N2O3. The molecule has 2 aromatic rings. The standard InChI is InChI=1S/C23H30N2O3/c1-5-14-25(15-6-2)23(27)19-9-7-8-18(16-19)22(26)24-20-10-12-21(13-11-20)28-17(3)4/h7-13,16-17H,5-6,14-15H2,1-4H3,(H,24,26). The number of carbonyl (C=O) groups excluding carboxylic acids is 2. The van der Waals surface area contributed by atoms with E-state index < -0.39 is 0 Å². The van der Waals surface area contributed by atoms with Crippen LogP contribution in [0, 0.1) is 0 Å². The topological polar surface area (TPSA) is 58.6 Å². The van der Waals surface area contributed by atoms with E-state index in [1.54, 1.807) is 36.4 Å². The van der Waals surface area contributed by atoms with Crippen molar-refractivity contribution < 1.29 is 14.3 Å². The van der Waals surface area contributed by atoms with Gasteiger partial charge in [-0.05, 0) is 69.2 Å². The van der Waals surface area contributed by atoms with Crippen LogP contribution in [0.3, 0.4) is 0 Å². The van der Waals surface area contributed by atoms with Gasteiger partial charge in [-0.2, -0.15) is 0 Å². The SMILES string of the molecule is CCCN(CCC)C(=O)c1cccc(C(=O)Nc2ccc(OC(C)C)cc2)c1. The smallest absolute Gasteiger partial charge is 0.255 e. The molecule has 2 rings (SSSR count). The second kappa shape index (κ2) is 10.5. The number of carbonyl (C=O) groups is 2. The number of anilines is 1. The highest BCUT2D eigenvalue weighted by molar-refractivity contribution is 6.06. The van der Waals surface area contributed by atoms with E-state index in [2.05, 4.69) is 19.2 Å². The van der Waals surface area contributed by atoms with E-state index in [0.717, 1.165) is 18.6 Å². The van der Waals surface area contributed by atoms with Gasteiger partial charge in [-0.15, -0.1) is 0 Å². The fourth-order valence-electron chi connectivity index (χ4n) is 2.92. The first-order valence-corrected chi connectivity index (χ1v) is 9.92. The number of rotatable bonds is 9. The molecule has 5 nitrogen and oxygen atoms in total. The van der Waals surface area contributed by atoms with Gasteiger partial charge >= 0.3 is 0 Å². The summed E-state index contributed by atoms with van der Waals surface area (Å²) in [4.78, 5) is 27.2. The molecule has 28 heavy (non-hydrogen) atoms. The molecule has 5 heteroatoms. The summed E-state index contributed by atoms with van der Waals surface area (Å²) in [6.45, 7) is 9.47. The Labute approximate surface area is 167 Å². The van der Waals surface area contributed by atoms with Crippen LogP contribution in [-0.2, 0) is 0 Å². The lowest BCUT2D eigenvalue weighted by atomic mass is 10.1. The number of hydrogen-bond acceptors (Lipinski definition) is 3. The van der Waals surface area contributed by atoms with Gasteiger partial charge in [0, 0.05) is 29.9 Å². The van der Waals surface area contributed by atoms with Crippen molar-refractivity contribution in [2.24, 2.45) is 0 Å². The Morgan fingerprint density at radius 3 is 2.14 bits per heavy atom. The van der Waals surface area contributed by atoms with Crippen LogP contribution < -0.4 is 10.1 Å². The first-order chi connectivity index (χ1) is 13.4. The molecule has 2 aromatic carbocycles. The van der Waals surface area contributed by atoms with Crippen molar-refractivity contribution in [1.82, 2.24) is 4.90 Å². The van der Waals surface area contributed by atoms with Gasteiger partial charge in [0.25, 0.3) is 11.8 Å². The number of amides is 2. The molecule has 2 amide bonds. The minimum atomic E-state index is -0.246. The van der Waals surface area contributed by atoms with Crippen molar-refractivity contribution in [2.75, 3.05) is 18.4 Å². The fourth-order valence-corrected chi connectivity index (χ4v) is 2.92. The van der Waals surface area contributed by atoms with Gasteiger partial charge in [0.15, 0.2) is 0 Å². The Morgan fingerprint density at radius 2 is 1.57 bits per heavy atom. The number of benzene rings is 2. The Hall–Kier alpha value is -2.82. The van der Waals surface area contributed by atoms with Crippen molar-refractivity contribution in [2.45, 2.75) is 46.6 Å². The molecule has 0 fully saturated rings. The first kappa shape index (κ1) is 21.5. The molecule has 0 saturated heterocycles. The van der Waals surface area contributed by atoms with Gasteiger partial charge in [0.05, 0.1) is 6.10 Å². The Balaban J connectivity index is 2.10. The highest BCUT2D eigenvalue weighted by atomic mass is 16.5. The van der Waals surface area contributed by atoms with E-state index in [0.29, 0.717) is 29.9 Å². The molecule has 0 aliphatic rings. The van der Waals surface area contributed by atoms with Crippen LogP contribution in [0.15, 0.2) is 48.5 Å². The maximum atomic E-state index is 12.8. The van der Waals surface area contributed by atoms with Crippen molar-refractivity contribution in [3.8, 4) is 5.75 Å². The average Bonchev–Trinajstić information content (AvgIpc) is 2.68. The van der Waals surface area contributed by atoms with Crippen molar-refractivity contribution in [3.63, 3.8) is 0 Å². The average molecular weight is 383 g/mol. The van der Waals surface area contributed by atoms with E-state index in [1.165, 1.54) is 0 Å². The van der Waals surface area contributed by atoms with E-state index >= 15 is 0 Å². The number of nitrogens with one attached hydrogen (secondary N) is 1. The molecule has 0 unspecified atom stereocenters. The summed E-state index contributed by atoms with van der Waals surface area (Å²) in [7, 11) is 0. The van der Waals surface area contributed by atoms with Gasteiger partial charge in [-0.3, -0.25) is 9.59 Å². The van der Waals surface area contributed by atoms with E-state index in [-0.39, 0.29) is 17.9 Å². The van der Waals surface area contributed by atoms with Crippen molar-refractivity contribution >= 4 is 17.5 Å². The van der Waals surface area contributed by atoms with E-state index in [4.69, 9.17) is 4.74 Å². The summed E-state index contributed by atoms with van der Waals surface area (Å²) < 4.78 is 5.61. The zero-order valence-corrected chi connectivity index (χ0v) is 17.2. The van der Waals surface area contributed by atoms with Gasteiger partial charge in [-0.25, -0.2) is 0 Å². The highest BCUT2D eigenvalue weighted by Gasteiger charge is 2.16. The monoisotopic (exact) mass is 382 g/mol. The molecule has 1 N–H and O–H groups in total. The van der Waals surface area contributed by atoms with Crippen LogP contribution in [0.5, 0.6) is 5.75 Å². The molecule has 150 valence electrons. The second-order valence-corrected chi connectivity index (χ2v) is 7.02. The van der Waals surface area contributed by atoms with Crippen LogP contribution in [0.4, 0.5) is 5.69 Å². The molecule has 0 radical (unpaired) electrons. The van der Waals surface area contributed by atoms with Gasteiger partial charge in [-0.1, -0.05) is 19.9 Å². The fraction of sp³-hybridized carbons (Fsp3) is 0.391. The van der Waals surface area contributed by atoms with E-state index in [1.807, 2.05) is 30.9 Å². The number of ether oxygens (including phenoxy) is 1. The zero-order valence-electron chi connectivity index (χ0n) is 17.2. The third-order valence-corrected chi connectivity index (χ3v) is 4.13. The van der Waals surface area contributed by atoms with Crippen LogP contribution in [0.1, 0.15) is 61.3 Å². The summed E-state index contributed by atoms with van der Waals surface area (Å²) in [6.07, 6.45) is 1.91. The predicted octanol–water partition coefficient (Wildman–Crippen LogP) is 4.99. The third kappa shape index (κ3) is 6.12. The maximum Gasteiger partial charge on any atom is 0.255 e. The lowest BCUT2D eigenvalue weighted by molar-refractivity contribution is 0.0755. The zero-order chi connectivity index (χ0) is 20.5. The van der Waals surface area contributed by atoms with Crippen LogP contribution >= 0.6 is 0 Å². The van der Waals surface area contributed by atoms with Crippen LogP contribution in [0.25, 0.3) is 0 Å². The Bertz CT molecular complexity index is 779. The quantitative estimate of drug-likeness (QED) is 0.665. The summed E-state index contributed by atoms with van der Waals surface area (Å²) in [5.74, 6) is 0.478. The minimum Gasteiger partial charge on any atom is -0.491 e. The largest absolute Gasteiger partial charge is 0.491 e. The lowest BCUT2D eigenvalue weighted by Gasteiger charge is -2.21. The van der Waals surface area contributed by atoms with Gasteiger partial charge < -0.3 is 15.0 Å². The number of hydrogen-bond donors (Lipinski definition) is 1. The van der Waals surface area contributed by atoms with Crippen molar-refractivity contribution in [3.05, 3.63) is 59.7 Å². The molecule has 0 aliphatic heterocycles. The molecule has 0 aromatic heterocycles. The lowest BCUT2D eigenvalue weighted by Crippen LogP contribution is -2.32. The molecule has 0 atom stereocenters. The summed E-state index contributed by atoms with van der Waals surface area (Å²) in [6, 6.07) is 14.1. The second-order valence-electron chi connectivity index (χ2n) is 7.02. The molecule has 0 heterocycles. The Kier molecular flexibility index (Phi) is 8.05. The molecule has 0 bridgehead atoms. The van der Waals surface area contributed by atoms with Crippen LogP contribution in [-0.4, -0.2) is 35.9 Å². The van der Waals surface area contributed by atoms with Gasteiger partial charge in [0.1, 0.15) is 5.75 Å². The summed E-state index contributed by atoms with van der Waals surface area (Å²) in [5.41, 5.74) is 1.67. The van der Waals surface area contributed by atoms with Gasteiger partial charge in [0.2, 0.25) is 0 Å². The Morgan fingerprint density at radius 1 is 0.964 bits per heavy atom. The first-order valence-electron chi connectivity index (χ1n) is 9.92. The molecular weight excluding hydrogens is 352 g/mol. The van der Waals surface area contributed by atoms with E-state index in [9.17, 15) is 9.59 Å². The normalized spacial score (nSPS) is 10.6. The summed E-state index contributed by atoms with van der Waals surface area (Å²) >= 11 is 0. The molecule has 0 spiro atoms. The summed E-state index contributed by atoms with van der Waals surface area (Å²) in [5, 5.41) is 2.87. The molecule has 0 aliphatic carbocycles. The minimum absolute atomic E-state index is 0.0338. The maximum absolute atomic E-state index is 12.8. The highest BCUT2D eigenvalue weighted by Crippen LogP contribution is 2.18. The predicted molar refractivity (Wildman–Crippen MR) is 113 cm³/mol. The third-order valence-electron chi connectivity index (χ3n) is 4.13. The molecule has 0 saturated carbocycles. The van der Waals surface area contributed by atoms with Crippen LogP contribution in [0.2, 0.25) is 0 Å². The van der Waals surface area contributed by atoms with Crippen molar-refractivity contribution in [1.29, 1.82) is 0 Å². The number of nitrogens with zero attached hydrogens (tertiary/aromatic N) is 1.